The van der Waals surface area contributed by atoms with Crippen molar-refractivity contribution in [2.45, 2.75) is 180 Å². The number of carbonyl (C=O) groups is 1. The fraction of sp³-hybridized carbons (Fsp3) is 0.756. The number of carbonyl (C=O) groups excluding carboxylic acids is 1. The van der Waals surface area contributed by atoms with Crippen molar-refractivity contribution in [1.29, 1.82) is 0 Å². The number of nitrogens with one attached hydrogen (secondary N) is 1. The fourth-order valence-corrected chi connectivity index (χ4v) is 6.55. The average Bonchev–Trinajstić information content (AvgIpc) is 3.12. The Morgan fingerprint density at radius 2 is 1.13 bits per heavy atom. The van der Waals surface area contributed by atoms with Crippen molar-refractivity contribution < 1.29 is 32.9 Å². The zero-order valence-corrected chi connectivity index (χ0v) is 36.3. The van der Waals surface area contributed by atoms with Crippen molar-refractivity contribution >= 4 is 13.7 Å². The standard InChI is InChI=1S/C45H83N2O6P/c1-6-8-10-12-14-16-17-18-19-20-21-22-23-24-25-26-27-28-29-31-33-35-37-39-45(49)46-43(42-53-54(50,51)52-41-40-47(3,4)5)44(48)38-36-34-32-30-15-13-11-9-7-2/h8,10,14,16,18-19,21-22,24-25,43-44,48H,6-7,9,11-13,15,17,20,23,26-42H2,1-5H3,(H-,46,49,50,51)/b10-8-,16-14-,19-18-,22-21-,25-24-. The number of allylic oxidation sites excluding steroid dienone is 10. The fourth-order valence-electron chi connectivity index (χ4n) is 5.83. The zero-order valence-electron chi connectivity index (χ0n) is 35.4. The summed E-state index contributed by atoms with van der Waals surface area (Å²) in [7, 11) is 1.28. The lowest BCUT2D eigenvalue weighted by molar-refractivity contribution is -0.870. The number of phosphoric ester groups is 1. The number of aliphatic hydroxyl groups is 1. The molecule has 1 amide bonds. The van der Waals surface area contributed by atoms with E-state index < -0.39 is 20.0 Å². The monoisotopic (exact) mass is 779 g/mol. The second-order valence-corrected chi connectivity index (χ2v) is 17.1. The predicted octanol–water partition coefficient (Wildman–Crippen LogP) is 11.2. The van der Waals surface area contributed by atoms with Gasteiger partial charge >= 0.3 is 0 Å². The molecule has 8 nitrogen and oxygen atoms in total. The van der Waals surface area contributed by atoms with E-state index in [0.29, 0.717) is 23.9 Å². The van der Waals surface area contributed by atoms with Gasteiger partial charge in [-0.15, -0.1) is 0 Å². The van der Waals surface area contributed by atoms with Gasteiger partial charge in [0.15, 0.2) is 0 Å². The van der Waals surface area contributed by atoms with E-state index in [2.05, 4.69) is 79.9 Å². The Hall–Kier alpha value is -1.80. The highest BCUT2D eigenvalue weighted by Crippen LogP contribution is 2.38. The van der Waals surface area contributed by atoms with E-state index in [1.54, 1.807) is 0 Å². The minimum Gasteiger partial charge on any atom is -0.756 e. The van der Waals surface area contributed by atoms with E-state index in [1.165, 1.54) is 57.8 Å². The molecule has 314 valence electrons. The first-order chi connectivity index (χ1) is 26.0. The number of rotatable bonds is 38. The number of phosphoric acid groups is 1. The molecule has 0 bridgehead atoms. The SMILES string of the molecule is CC/C=C\C/C=C\C/C=C\C/C=C\C/C=C\CCCCCCCCCC(=O)NC(COP(=O)([O-])OCC[N+](C)(C)C)C(O)CCCCCCCCCCC. The molecule has 0 aliphatic heterocycles. The molecule has 0 spiro atoms. The highest BCUT2D eigenvalue weighted by molar-refractivity contribution is 7.45. The molecule has 0 rings (SSSR count). The molecule has 9 heteroatoms. The summed E-state index contributed by atoms with van der Waals surface area (Å²) in [6.07, 6.45) is 46.6. The van der Waals surface area contributed by atoms with Gasteiger partial charge in [-0.2, -0.15) is 0 Å². The summed E-state index contributed by atoms with van der Waals surface area (Å²) < 4.78 is 23.2. The number of hydrogen-bond donors (Lipinski definition) is 2. The zero-order chi connectivity index (χ0) is 40.0. The molecule has 0 aromatic rings. The van der Waals surface area contributed by atoms with Gasteiger partial charge in [0, 0.05) is 6.42 Å². The Kier molecular flexibility index (Phi) is 35.6. The molecular weight excluding hydrogens is 695 g/mol. The van der Waals surface area contributed by atoms with Gasteiger partial charge < -0.3 is 28.8 Å². The van der Waals surface area contributed by atoms with Crippen LogP contribution in [0.15, 0.2) is 60.8 Å². The van der Waals surface area contributed by atoms with Gasteiger partial charge in [-0.1, -0.05) is 164 Å². The number of quaternary nitrogens is 1. The Balaban J connectivity index is 4.28. The van der Waals surface area contributed by atoms with E-state index in [9.17, 15) is 19.4 Å². The summed E-state index contributed by atoms with van der Waals surface area (Å²) in [6.45, 7) is 4.55. The van der Waals surface area contributed by atoms with Gasteiger partial charge in [-0.25, -0.2) is 0 Å². The Morgan fingerprint density at radius 1 is 0.667 bits per heavy atom. The summed E-state index contributed by atoms with van der Waals surface area (Å²) in [5.41, 5.74) is 0. The van der Waals surface area contributed by atoms with Crippen molar-refractivity contribution in [2.24, 2.45) is 0 Å². The highest BCUT2D eigenvalue weighted by atomic mass is 31.2. The van der Waals surface area contributed by atoms with Crippen molar-refractivity contribution in [3.63, 3.8) is 0 Å². The second kappa shape index (κ2) is 36.8. The van der Waals surface area contributed by atoms with Gasteiger partial charge in [0.2, 0.25) is 5.91 Å². The minimum absolute atomic E-state index is 0.00655. The van der Waals surface area contributed by atoms with Crippen LogP contribution in [0.3, 0.4) is 0 Å². The lowest BCUT2D eigenvalue weighted by Crippen LogP contribution is -2.46. The smallest absolute Gasteiger partial charge is 0.268 e. The lowest BCUT2D eigenvalue weighted by Gasteiger charge is -2.30. The summed E-state index contributed by atoms with van der Waals surface area (Å²) in [5.74, 6) is -0.182. The molecule has 0 heterocycles. The molecule has 3 atom stereocenters. The van der Waals surface area contributed by atoms with Crippen LogP contribution >= 0.6 is 7.82 Å². The van der Waals surface area contributed by atoms with Crippen molar-refractivity contribution in [2.75, 3.05) is 40.9 Å². The molecule has 54 heavy (non-hydrogen) atoms. The third kappa shape index (κ3) is 38.5. The first-order valence-electron chi connectivity index (χ1n) is 21.6. The van der Waals surface area contributed by atoms with E-state index in [0.717, 1.165) is 83.5 Å². The van der Waals surface area contributed by atoms with E-state index >= 15 is 0 Å². The summed E-state index contributed by atoms with van der Waals surface area (Å²) in [5, 5.41) is 13.8. The lowest BCUT2D eigenvalue weighted by atomic mass is 10.0. The quantitative estimate of drug-likeness (QED) is 0.0280. The van der Waals surface area contributed by atoms with Gasteiger partial charge in [0.1, 0.15) is 13.2 Å². The highest BCUT2D eigenvalue weighted by Gasteiger charge is 2.24. The molecule has 0 aliphatic carbocycles. The van der Waals surface area contributed by atoms with Gasteiger partial charge in [0.25, 0.3) is 7.82 Å². The third-order valence-electron chi connectivity index (χ3n) is 9.27. The molecule has 0 saturated carbocycles. The van der Waals surface area contributed by atoms with Crippen molar-refractivity contribution in [1.82, 2.24) is 5.32 Å². The molecule has 0 aromatic heterocycles. The molecule has 0 fully saturated rings. The Labute approximate surface area is 332 Å². The van der Waals surface area contributed by atoms with Gasteiger partial charge in [-0.05, 0) is 57.8 Å². The predicted molar refractivity (Wildman–Crippen MR) is 228 cm³/mol. The summed E-state index contributed by atoms with van der Waals surface area (Å²) in [6, 6.07) is -0.807. The molecule has 3 unspecified atom stereocenters. The number of hydrogen-bond acceptors (Lipinski definition) is 6. The van der Waals surface area contributed by atoms with Crippen LogP contribution in [0.5, 0.6) is 0 Å². The van der Waals surface area contributed by atoms with Crippen LogP contribution in [0.2, 0.25) is 0 Å². The number of likely N-dealkylation sites (N-methyl/N-ethyl adjacent to an activating group) is 1. The molecule has 2 N–H and O–H groups in total. The molecule has 0 aromatic carbocycles. The largest absolute Gasteiger partial charge is 0.756 e. The van der Waals surface area contributed by atoms with Gasteiger partial charge in [-0.3, -0.25) is 9.36 Å². The minimum atomic E-state index is -4.56. The van der Waals surface area contributed by atoms with E-state index in [-0.39, 0.29) is 19.1 Å². The van der Waals surface area contributed by atoms with E-state index in [4.69, 9.17) is 9.05 Å². The number of amides is 1. The van der Waals surface area contributed by atoms with Crippen LogP contribution in [-0.4, -0.2) is 68.5 Å². The van der Waals surface area contributed by atoms with Gasteiger partial charge in [0.05, 0.1) is 39.9 Å². The molecule has 0 radical (unpaired) electrons. The molecule has 0 saturated heterocycles. The van der Waals surface area contributed by atoms with Crippen LogP contribution < -0.4 is 10.2 Å². The van der Waals surface area contributed by atoms with Crippen molar-refractivity contribution in [3.8, 4) is 0 Å². The maximum atomic E-state index is 12.8. The summed E-state index contributed by atoms with van der Waals surface area (Å²) >= 11 is 0. The second-order valence-electron chi connectivity index (χ2n) is 15.7. The maximum absolute atomic E-state index is 12.8. The number of aliphatic hydroxyl groups excluding tert-OH is 1. The molecular formula is C45H83N2O6P. The van der Waals surface area contributed by atoms with Crippen LogP contribution in [0.25, 0.3) is 0 Å². The van der Waals surface area contributed by atoms with Crippen LogP contribution in [0.1, 0.15) is 168 Å². The maximum Gasteiger partial charge on any atom is 0.268 e. The van der Waals surface area contributed by atoms with E-state index in [1.807, 2.05) is 21.1 Å². The Bertz CT molecular complexity index is 1060. The number of nitrogens with zero attached hydrogens (tertiary/aromatic N) is 1. The first kappa shape index (κ1) is 52.2. The number of unbranched alkanes of at least 4 members (excludes halogenated alkanes) is 15. The molecule has 0 aliphatic rings. The first-order valence-corrected chi connectivity index (χ1v) is 23.1. The van der Waals surface area contributed by atoms with Crippen LogP contribution in [0.4, 0.5) is 0 Å². The van der Waals surface area contributed by atoms with Crippen LogP contribution in [-0.2, 0) is 18.4 Å². The topological polar surface area (TPSA) is 108 Å². The van der Waals surface area contributed by atoms with Crippen LogP contribution in [0, 0.1) is 0 Å². The third-order valence-corrected chi connectivity index (χ3v) is 10.2. The average molecular weight is 779 g/mol. The summed E-state index contributed by atoms with van der Waals surface area (Å²) in [4.78, 5) is 25.2. The van der Waals surface area contributed by atoms with Crippen molar-refractivity contribution in [3.05, 3.63) is 60.8 Å². The Morgan fingerprint density at radius 3 is 1.65 bits per heavy atom. The normalized spacial score (nSPS) is 15.0.